The fourth-order valence-corrected chi connectivity index (χ4v) is 5.54. The number of hydrogen-bond donors (Lipinski definition) is 1. The lowest BCUT2D eigenvalue weighted by molar-refractivity contribution is -0.127. The zero-order valence-electron chi connectivity index (χ0n) is 18.5. The van der Waals surface area contributed by atoms with Crippen LogP contribution >= 0.6 is 0 Å². The van der Waals surface area contributed by atoms with Gasteiger partial charge < -0.3 is 10.1 Å². The van der Waals surface area contributed by atoms with Gasteiger partial charge in [0.25, 0.3) is 0 Å². The minimum Gasteiger partial charge on any atom is -0.497 e. The lowest BCUT2D eigenvalue weighted by Crippen LogP contribution is -2.46. The minimum atomic E-state index is -3.60. The molecule has 2 aromatic carbocycles. The zero-order valence-corrected chi connectivity index (χ0v) is 19.3. The maximum absolute atomic E-state index is 13.1. The second-order valence-corrected chi connectivity index (χ2v) is 10.4. The van der Waals surface area contributed by atoms with Crippen LogP contribution in [0.3, 0.4) is 0 Å². The second kappa shape index (κ2) is 10.3. The Morgan fingerprint density at radius 2 is 1.81 bits per heavy atom. The van der Waals surface area contributed by atoms with E-state index >= 15 is 0 Å². The molecule has 1 heterocycles. The predicted octanol–water partition coefficient (Wildman–Crippen LogP) is 4.00. The molecule has 2 atom stereocenters. The first kappa shape index (κ1) is 23.3. The molecular weight excluding hydrogens is 412 g/mol. The molecule has 6 nitrogen and oxygen atoms in total. The third kappa shape index (κ3) is 5.86. The molecule has 3 rings (SSSR count). The third-order valence-electron chi connectivity index (χ3n) is 5.68. The van der Waals surface area contributed by atoms with Crippen LogP contribution in [0.25, 0.3) is 0 Å². The molecule has 2 aromatic rings. The number of benzene rings is 2. The lowest BCUT2D eigenvalue weighted by Gasteiger charge is -2.32. The number of carbonyl (C=O) groups is 1. The Morgan fingerprint density at radius 1 is 1.13 bits per heavy atom. The van der Waals surface area contributed by atoms with Crippen molar-refractivity contribution in [3.8, 4) is 5.75 Å². The van der Waals surface area contributed by atoms with Gasteiger partial charge in [0, 0.05) is 13.1 Å². The molecule has 168 valence electrons. The van der Waals surface area contributed by atoms with Crippen LogP contribution in [0.15, 0.2) is 59.5 Å². The minimum absolute atomic E-state index is 0.0885. The quantitative estimate of drug-likeness (QED) is 0.668. The molecule has 0 aromatic heterocycles. The van der Waals surface area contributed by atoms with Crippen LogP contribution in [0, 0.1) is 11.8 Å². The topological polar surface area (TPSA) is 75.7 Å². The van der Waals surface area contributed by atoms with Crippen molar-refractivity contribution in [2.45, 2.75) is 44.0 Å². The summed E-state index contributed by atoms with van der Waals surface area (Å²) in [6.07, 6.45) is 2.15. The average molecular weight is 445 g/mol. The highest BCUT2D eigenvalue weighted by molar-refractivity contribution is 7.89. The van der Waals surface area contributed by atoms with Crippen molar-refractivity contribution in [3.63, 3.8) is 0 Å². The molecule has 0 radical (unpaired) electrons. The number of methoxy groups -OCH3 is 1. The molecule has 1 aliphatic rings. The van der Waals surface area contributed by atoms with Gasteiger partial charge in [-0.05, 0) is 55.0 Å². The number of piperidine rings is 1. The van der Waals surface area contributed by atoms with E-state index in [1.54, 1.807) is 37.4 Å². The fraction of sp³-hybridized carbons (Fsp3) is 0.458. The number of rotatable bonds is 8. The van der Waals surface area contributed by atoms with Crippen molar-refractivity contribution in [3.05, 3.63) is 60.2 Å². The van der Waals surface area contributed by atoms with E-state index in [-0.39, 0.29) is 29.3 Å². The van der Waals surface area contributed by atoms with E-state index in [0.29, 0.717) is 25.3 Å². The van der Waals surface area contributed by atoms with Gasteiger partial charge in [0.05, 0.1) is 24.0 Å². The van der Waals surface area contributed by atoms with Crippen molar-refractivity contribution < 1.29 is 17.9 Å². The van der Waals surface area contributed by atoms with Crippen molar-refractivity contribution in [1.82, 2.24) is 9.62 Å². The summed E-state index contributed by atoms with van der Waals surface area (Å²) in [6.45, 7) is 4.89. The van der Waals surface area contributed by atoms with E-state index in [4.69, 9.17) is 4.74 Å². The molecule has 0 unspecified atom stereocenters. The number of hydrogen-bond acceptors (Lipinski definition) is 4. The molecule has 0 aliphatic carbocycles. The zero-order chi connectivity index (χ0) is 22.4. The van der Waals surface area contributed by atoms with Crippen LogP contribution in [0.2, 0.25) is 0 Å². The van der Waals surface area contributed by atoms with Gasteiger partial charge in [0.2, 0.25) is 15.9 Å². The van der Waals surface area contributed by atoms with E-state index < -0.39 is 10.0 Å². The molecule has 0 spiro atoms. The first-order chi connectivity index (χ1) is 14.8. The number of amides is 1. The Kier molecular flexibility index (Phi) is 7.73. The van der Waals surface area contributed by atoms with Gasteiger partial charge in [-0.25, -0.2) is 8.42 Å². The van der Waals surface area contributed by atoms with E-state index in [1.165, 1.54) is 4.31 Å². The predicted molar refractivity (Wildman–Crippen MR) is 121 cm³/mol. The van der Waals surface area contributed by atoms with Crippen LogP contribution in [0.4, 0.5) is 0 Å². The van der Waals surface area contributed by atoms with Crippen molar-refractivity contribution >= 4 is 15.9 Å². The van der Waals surface area contributed by atoms with E-state index in [1.807, 2.05) is 24.3 Å². The Hall–Kier alpha value is -2.38. The SMILES string of the molecule is COc1ccc([C@H](CC(C)C)NC(=O)[C@H]2CCCN(S(=O)(=O)c3ccccc3)C2)cc1. The van der Waals surface area contributed by atoms with Crippen molar-refractivity contribution in [2.24, 2.45) is 11.8 Å². The summed E-state index contributed by atoms with van der Waals surface area (Å²) in [5, 5.41) is 3.18. The lowest BCUT2D eigenvalue weighted by atomic mass is 9.94. The highest BCUT2D eigenvalue weighted by atomic mass is 32.2. The number of nitrogens with one attached hydrogen (secondary N) is 1. The molecule has 1 aliphatic heterocycles. The monoisotopic (exact) mass is 444 g/mol. The van der Waals surface area contributed by atoms with Gasteiger partial charge in [0.1, 0.15) is 5.75 Å². The van der Waals surface area contributed by atoms with E-state index in [9.17, 15) is 13.2 Å². The van der Waals surface area contributed by atoms with Gasteiger partial charge >= 0.3 is 0 Å². The third-order valence-corrected chi connectivity index (χ3v) is 7.56. The average Bonchev–Trinajstić information content (AvgIpc) is 2.79. The van der Waals surface area contributed by atoms with Crippen LogP contribution in [0.5, 0.6) is 5.75 Å². The number of ether oxygens (including phenoxy) is 1. The van der Waals surface area contributed by atoms with Crippen LogP contribution in [-0.2, 0) is 14.8 Å². The van der Waals surface area contributed by atoms with Gasteiger partial charge in [-0.15, -0.1) is 0 Å². The molecule has 7 heteroatoms. The normalized spacial score (nSPS) is 18.5. The summed E-state index contributed by atoms with van der Waals surface area (Å²) in [5.74, 6) is 0.718. The summed E-state index contributed by atoms with van der Waals surface area (Å²) in [7, 11) is -1.97. The van der Waals surface area contributed by atoms with Gasteiger partial charge in [-0.1, -0.05) is 44.2 Å². The maximum atomic E-state index is 13.1. The Bertz CT molecular complexity index is 959. The highest BCUT2D eigenvalue weighted by Crippen LogP contribution is 2.27. The highest BCUT2D eigenvalue weighted by Gasteiger charge is 2.34. The molecule has 1 fully saturated rings. The second-order valence-electron chi connectivity index (χ2n) is 8.48. The number of sulfonamides is 1. The maximum Gasteiger partial charge on any atom is 0.243 e. The van der Waals surface area contributed by atoms with Gasteiger partial charge in [-0.3, -0.25) is 4.79 Å². The molecule has 31 heavy (non-hydrogen) atoms. The number of carbonyl (C=O) groups excluding carboxylic acids is 1. The largest absolute Gasteiger partial charge is 0.497 e. The smallest absolute Gasteiger partial charge is 0.243 e. The Morgan fingerprint density at radius 3 is 2.42 bits per heavy atom. The summed E-state index contributed by atoms with van der Waals surface area (Å²) < 4.78 is 32.7. The standard InChI is InChI=1S/C24H32N2O4S/c1-18(2)16-23(19-11-13-21(30-3)14-12-19)25-24(27)20-8-7-15-26(17-20)31(28,29)22-9-5-4-6-10-22/h4-6,9-14,18,20,23H,7-8,15-17H2,1-3H3,(H,25,27)/t20-,23-/m0/s1. The Labute approximate surface area is 185 Å². The van der Waals surface area contributed by atoms with E-state index in [2.05, 4.69) is 19.2 Å². The Balaban J connectivity index is 1.72. The molecule has 1 N–H and O–H groups in total. The van der Waals surface area contributed by atoms with Crippen molar-refractivity contribution in [2.75, 3.05) is 20.2 Å². The summed E-state index contributed by atoms with van der Waals surface area (Å²) in [4.78, 5) is 13.4. The van der Waals surface area contributed by atoms with E-state index in [0.717, 1.165) is 17.7 Å². The van der Waals surface area contributed by atoms with Crippen molar-refractivity contribution in [1.29, 1.82) is 0 Å². The molecule has 1 amide bonds. The molecule has 1 saturated heterocycles. The molecular formula is C24H32N2O4S. The summed E-state index contributed by atoms with van der Waals surface area (Å²) in [5.41, 5.74) is 1.02. The van der Waals surface area contributed by atoms with Gasteiger partial charge in [-0.2, -0.15) is 4.31 Å². The van der Waals surface area contributed by atoms with Crippen LogP contribution in [-0.4, -0.2) is 38.8 Å². The van der Waals surface area contributed by atoms with Gasteiger partial charge in [0.15, 0.2) is 0 Å². The summed E-state index contributed by atoms with van der Waals surface area (Å²) in [6, 6.07) is 16.0. The fourth-order valence-electron chi connectivity index (χ4n) is 3.99. The van der Waals surface area contributed by atoms with Crippen LogP contribution in [0.1, 0.15) is 44.7 Å². The first-order valence-electron chi connectivity index (χ1n) is 10.8. The molecule has 0 saturated carbocycles. The first-order valence-corrected chi connectivity index (χ1v) is 12.2. The summed E-state index contributed by atoms with van der Waals surface area (Å²) >= 11 is 0. The molecule has 0 bridgehead atoms. The number of nitrogens with zero attached hydrogens (tertiary/aromatic N) is 1. The van der Waals surface area contributed by atoms with Crippen LogP contribution < -0.4 is 10.1 Å².